The Balaban J connectivity index is 2.83. The fourth-order valence-electron chi connectivity index (χ4n) is 2.40. The molecule has 1 rings (SSSR count). The van der Waals surface area contributed by atoms with Crippen LogP contribution in [0.5, 0.6) is 0 Å². The van der Waals surface area contributed by atoms with Crippen molar-refractivity contribution in [1.29, 1.82) is 5.41 Å². The van der Waals surface area contributed by atoms with E-state index in [0.29, 0.717) is 17.7 Å². The van der Waals surface area contributed by atoms with Crippen LogP contribution in [0.25, 0.3) is 0 Å². The lowest BCUT2D eigenvalue weighted by Gasteiger charge is -2.22. The maximum absolute atomic E-state index is 12.1. The Bertz CT molecular complexity index is 469. The van der Waals surface area contributed by atoms with Crippen molar-refractivity contribution in [3.05, 3.63) is 0 Å². The van der Waals surface area contributed by atoms with Crippen LogP contribution in [0.15, 0.2) is 0 Å². The Kier molecular flexibility index (Phi) is 6.50. The van der Waals surface area contributed by atoms with Crippen LogP contribution in [-0.4, -0.2) is 42.4 Å². The van der Waals surface area contributed by atoms with Crippen molar-refractivity contribution >= 4 is 17.8 Å². The lowest BCUT2D eigenvalue weighted by Crippen LogP contribution is -2.44. The number of ether oxygens (including phenoxy) is 1. The topological polar surface area (TPSA) is 82.5 Å². The second-order valence-electron chi connectivity index (χ2n) is 5.66. The summed E-state index contributed by atoms with van der Waals surface area (Å²) >= 11 is 0. The van der Waals surface area contributed by atoms with Crippen molar-refractivity contribution in [3.8, 4) is 0 Å². The molecule has 0 bridgehead atoms. The summed E-state index contributed by atoms with van der Waals surface area (Å²) in [4.78, 5) is 24.6. The molecule has 0 saturated carbocycles. The number of carbonyl (C=O) groups excluding carboxylic acids is 2. The van der Waals surface area contributed by atoms with Gasteiger partial charge in [0.05, 0.1) is 0 Å². The highest BCUT2D eigenvalue weighted by Gasteiger charge is 2.17. The number of esters is 1. The highest BCUT2D eigenvalue weighted by molar-refractivity contribution is 5.96. The molecule has 6 heteroatoms. The minimum Gasteiger partial charge on any atom is -0.461 e. The number of cyclic esters (lactones) is 1. The van der Waals surface area contributed by atoms with Crippen molar-refractivity contribution in [1.82, 2.24) is 10.2 Å². The molecular weight excluding hydrogens is 282 g/mol. The molecule has 1 amide bonds. The minimum absolute atomic E-state index is 0.236. The predicted molar refractivity (Wildman–Crippen MR) is 85.6 cm³/mol. The quantitative estimate of drug-likeness (QED) is 0.728. The first-order valence-electron chi connectivity index (χ1n) is 9.59. The highest BCUT2D eigenvalue weighted by Crippen LogP contribution is 2.13. The van der Waals surface area contributed by atoms with Gasteiger partial charge in [-0.3, -0.25) is 20.3 Å². The summed E-state index contributed by atoms with van der Waals surface area (Å²) in [7, 11) is 0. The molecule has 1 aliphatic rings. The van der Waals surface area contributed by atoms with E-state index in [-0.39, 0.29) is 12.5 Å². The average molecular weight is 314 g/mol. The number of likely N-dealkylation sites (N-methyl/N-ethyl adjacent to an activating group) is 1. The molecule has 0 aliphatic carbocycles. The molecule has 0 aromatic carbocycles. The van der Waals surface area contributed by atoms with Crippen LogP contribution in [0, 0.1) is 5.41 Å². The van der Waals surface area contributed by atoms with Crippen molar-refractivity contribution in [2.75, 3.05) is 13.5 Å². The van der Waals surface area contributed by atoms with E-state index in [4.69, 9.17) is 14.3 Å². The van der Waals surface area contributed by atoms with Crippen LogP contribution in [0.4, 0.5) is 0 Å². The van der Waals surface area contributed by atoms with Gasteiger partial charge in [-0.05, 0) is 25.7 Å². The predicted octanol–water partition coefficient (Wildman–Crippen LogP) is 2.43. The fourth-order valence-corrected chi connectivity index (χ4v) is 2.40. The molecule has 1 atom stereocenters. The smallest absolute Gasteiger partial charge is 0.325 e. The Labute approximate surface area is 137 Å². The van der Waals surface area contributed by atoms with Crippen molar-refractivity contribution in [3.63, 3.8) is 0 Å². The second kappa shape index (κ2) is 10.2. The monoisotopic (exact) mass is 314 g/mol. The zero-order chi connectivity index (χ0) is 18.9. The van der Waals surface area contributed by atoms with Crippen LogP contribution in [0.1, 0.15) is 68.8 Å². The van der Waals surface area contributed by atoms with Gasteiger partial charge in [-0.15, -0.1) is 0 Å². The van der Waals surface area contributed by atoms with E-state index >= 15 is 0 Å². The van der Waals surface area contributed by atoms with Crippen LogP contribution in [-0.2, 0) is 14.3 Å². The Hall–Kier alpha value is -1.59. The first kappa shape index (κ1) is 14.0. The third-order valence-corrected chi connectivity index (χ3v) is 3.75. The van der Waals surface area contributed by atoms with Gasteiger partial charge in [0.1, 0.15) is 12.6 Å². The Morgan fingerprint density at radius 2 is 1.95 bits per heavy atom. The molecule has 1 fully saturated rings. The maximum Gasteiger partial charge on any atom is 0.325 e. The van der Waals surface area contributed by atoms with Crippen LogP contribution in [0.2, 0.25) is 0 Å². The number of rotatable bonds is 1. The molecule has 6 nitrogen and oxygen atoms in total. The van der Waals surface area contributed by atoms with E-state index in [2.05, 4.69) is 5.32 Å². The average Bonchev–Trinajstić information content (AvgIpc) is 2.51. The summed E-state index contributed by atoms with van der Waals surface area (Å²) in [5, 5.41) is 10.1. The van der Waals surface area contributed by atoms with Gasteiger partial charge >= 0.3 is 5.97 Å². The number of nitrogens with zero attached hydrogens (tertiary/aromatic N) is 1. The summed E-state index contributed by atoms with van der Waals surface area (Å²) in [5.41, 5.74) is 0. The first-order valence-corrected chi connectivity index (χ1v) is 8.09. The zero-order valence-electron chi connectivity index (χ0n) is 16.3. The van der Waals surface area contributed by atoms with E-state index in [1.165, 1.54) is 0 Å². The van der Waals surface area contributed by atoms with E-state index in [0.717, 1.165) is 38.5 Å². The molecule has 0 aromatic heterocycles. The highest BCUT2D eigenvalue weighted by atomic mass is 16.5. The van der Waals surface area contributed by atoms with Crippen LogP contribution >= 0.6 is 0 Å². The number of hydrogen-bond donors (Lipinski definition) is 2. The third-order valence-electron chi connectivity index (χ3n) is 3.75. The normalized spacial score (nSPS) is 26.4. The van der Waals surface area contributed by atoms with Gasteiger partial charge in [0.25, 0.3) is 0 Å². The molecular formula is C16H29N3O3. The van der Waals surface area contributed by atoms with E-state index in [1.807, 2.05) is 6.92 Å². The molecule has 2 N–H and O–H groups in total. The summed E-state index contributed by atoms with van der Waals surface area (Å²) in [6.07, 6.45) is 7.14. The van der Waals surface area contributed by atoms with Crippen molar-refractivity contribution < 1.29 is 18.4 Å². The van der Waals surface area contributed by atoms with Gasteiger partial charge < -0.3 is 9.64 Å². The lowest BCUT2D eigenvalue weighted by atomic mass is 10.0. The molecule has 22 heavy (non-hydrogen) atoms. The number of carbonyl (C=O) groups is 2. The number of amides is 1. The van der Waals surface area contributed by atoms with Gasteiger partial charge in [0.15, 0.2) is 5.96 Å². The fraction of sp³-hybridized carbons (Fsp3) is 0.812. The van der Waals surface area contributed by atoms with Gasteiger partial charge in [-0.25, -0.2) is 0 Å². The largest absolute Gasteiger partial charge is 0.461 e. The van der Waals surface area contributed by atoms with Crippen molar-refractivity contribution in [2.24, 2.45) is 0 Å². The molecule has 1 unspecified atom stereocenters. The molecule has 1 aliphatic heterocycles. The van der Waals surface area contributed by atoms with E-state index < -0.39 is 31.4 Å². The minimum atomic E-state index is -2.71. The third kappa shape index (κ3) is 7.43. The van der Waals surface area contributed by atoms with E-state index in [9.17, 15) is 9.59 Å². The van der Waals surface area contributed by atoms with Crippen LogP contribution < -0.4 is 5.32 Å². The summed E-state index contributed by atoms with van der Waals surface area (Å²) in [6.45, 7) is -1.39. The number of hydrogen-bond acceptors (Lipinski definition) is 4. The summed E-state index contributed by atoms with van der Waals surface area (Å²) < 4.78 is 27.9. The van der Waals surface area contributed by atoms with Gasteiger partial charge in [0, 0.05) is 17.5 Å². The molecule has 1 heterocycles. The zero-order valence-corrected chi connectivity index (χ0v) is 13.3. The Morgan fingerprint density at radius 3 is 2.64 bits per heavy atom. The molecule has 1 saturated heterocycles. The van der Waals surface area contributed by atoms with Crippen molar-refractivity contribution in [2.45, 2.75) is 70.8 Å². The lowest BCUT2D eigenvalue weighted by molar-refractivity contribution is -0.149. The molecule has 0 spiro atoms. The molecule has 0 radical (unpaired) electrons. The Morgan fingerprint density at radius 1 is 1.27 bits per heavy atom. The number of nitrogens with one attached hydrogen (secondary N) is 2. The molecule has 0 aromatic rings. The second-order valence-corrected chi connectivity index (χ2v) is 5.66. The molecule has 126 valence electrons. The first-order chi connectivity index (χ1) is 11.7. The standard InChI is InChI=1S/C16H29N3O3/c1-3-13-10-8-6-4-5-7-9-11-14(20)18-16(17)19(2)12-15(21)22-13/h13H,3-12H2,1-2H3,(H2,17,18,20)/i2D3. The van der Waals surface area contributed by atoms with Gasteiger partial charge in [0.2, 0.25) is 5.91 Å². The van der Waals surface area contributed by atoms with E-state index in [1.54, 1.807) is 0 Å². The van der Waals surface area contributed by atoms with Crippen LogP contribution in [0.3, 0.4) is 0 Å². The number of guanidine groups is 1. The summed E-state index contributed by atoms with van der Waals surface area (Å²) in [5.74, 6) is -1.71. The van der Waals surface area contributed by atoms with Gasteiger partial charge in [-0.1, -0.05) is 32.6 Å². The van der Waals surface area contributed by atoms with Gasteiger partial charge in [-0.2, -0.15) is 0 Å². The SMILES string of the molecule is [2H]C([2H])([2H])N1CC(=O)OC(CC)CCCCCCCCC(=O)NC1=N. The maximum atomic E-state index is 12.1. The summed E-state index contributed by atoms with van der Waals surface area (Å²) in [6, 6.07) is 0.